The summed E-state index contributed by atoms with van der Waals surface area (Å²) in [4.78, 5) is 35.0. The van der Waals surface area contributed by atoms with Crippen molar-refractivity contribution in [2.75, 3.05) is 27.4 Å². The molecule has 0 saturated heterocycles. The molecule has 2 atom stereocenters. The highest BCUT2D eigenvalue weighted by atomic mass is 32.2. The van der Waals surface area contributed by atoms with Crippen LogP contribution in [0.25, 0.3) is 6.08 Å². The Labute approximate surface area is 293 Å². The highest BCUT2D eigenvalue weighted by Crippen LogP contribution is 2.66. The number of hydrogen-bond donors (Lipinski definition) is 0. The SMILES string of the molecule is CC1=C2[C@@]1(C(=O)N(C)C)SC(N(COCC[Si](C)(C)C)C(=O)OC(C)(C)C)=N[C@]2(C)c1cc(/C=C(\F)S(=O)(=O)c2ccccc2)ccc1F. The lowest BCUT2D eigenvalue weighted by Crippen LogP contribution is -2.49. The Balaban J connectivity index is 1.86. The second kappa shape index (κ2) is 13.8. The summed E-state index contributed by atoms with van der Waals surface area (Å²) >= 11 is 1.06. The first kappa shape index (κ1) is 38.5. The molecule has 0 spiro atoms. The molecule has 0 saturated carbocycles. The number of aliphatic imine (C=N–C) groups is 1. The van der Waals surface area contributed by atoms with Crippen molar-refractivity contribution in [1.29, 1.82) is 0 Å². The zero-order valence-electron chi connectivity index (χ0n) is 29.7. The van der Waals surface area contributed by atoms with Crippen LogP contribution in [0.5, 0.6) is 0 Å². The third-order valence-electron chi connectivity index (χ3n) is 8.12. The predicted molar refractivity (Wildman–Crippen MR) is 193 cm³/mol. The average molecular weight is 734 g/mol. The maximum absolute atomic E-state index is 16.0. The number of halogens is 2. The van der Waals surface area contributed by atoms with Crippen molar-refractivity contribution in [3.8, 4) is 0 Å². The van der Waals surface area contributed by atoms with Gasteiger partial charge < -0.3 is 14.4 Å². The first-order valence-electron chi connectivity index (χ1n) is 15.8. The van der Waals surface area contributed by atoms with Crippen molar-refractivity contribution in [2.24, 2.45) is 4.99 Å². The number of nitrogens with zero attached hydrogens (tertiary/aromatic N) is 3. The van der Waals surface area contributed by atoms with Crippen LogP contribution in [0.2, 0.25) is 25.7 Å². The van der Waals surface area contributed by atoms with E-state index in [-0.39, 0.29) is 33.8 Å². The molecule has 0 radical (unpaired) electrons. The number of fused-ring (bicyclic) bond motifs is 1. The van der Waals surface area contributed by atoms with E-state index in [0.29, 0.717) is 17.8 Å². The van der Waals surface area contributed by atoms with Crippen molar-refractivity contribution >= 4 is 52.9 Å². The molecule has 0 fully saturated rings. The highest BCUT2D eigenvalue weighted by molar-refractivity contribution is 8.16. The second-order valence-corrected chi connectivity index (χ2v) is 23.4. The molecular weight excluding hydrogens is 689 g/mol. The number of amides is 2. The molecule has 14 heteroatoms. The molecule has 2 aromatic rings. The minimum Gasteiger partial charge on any atom is -0.443 e. The standard InChI is InChI=1S/C35H45F2N3O6S2Si/c1-23-29-34(5,26-20-24(16-17-27(26)36)21-28(37)48(43,44)25-14-12-11-13-15-25)38-31(47-35(23,29)30(41)39(6)7)40(32(42)46-33(2,3)4)22-45-18-19-49(8,9)10/h11-17,20-21H,18-19,22H2,1-10H3/b28-21+/t34-,35+/m1/s1. The maximum Gasteiger partial charge on any atom is 0.418 e. The average Bonchev–Trinajstić information content (AvgIpc) is 3.61. The lowest BCUT2D eigenvalue weighted by atomic mass is 9.86. The lowest BCUT2D eigenvalue weighted by molar-refractivity contribution is -0.128. The minimum atomic E-state index is -4.47. The van der Waals surface area contributed by atoms with Crippen molar-refractivity contribution < 1.29 is 36.3 Å². The summed E-state index contributed by atoms with van der Waals surface area (Å²) in [6, 6.07) is 11.7. The monoisotopic (exact) mass is 733 g/mol. The first-order valence-corrected chi connectivity index (χ1v) is 21.8. The molecule has 0 bridgehead atoms. The van der Waals surface area contributed by atoms with Gasteiger partial charge in [0.15, 0.2) is 5.17 Å². The Morgan fingerprint density at radius 3 is 2.29 bits per heavy atom. The van der Waals surface area contributed by atoms with Gasteiger partial charge in [-0.2, -0.15) is 4.39 Å². The molecular formula is C35H45F2N3O6S2Si. The van der Waals surface area contributed by atoms with E-state index in [9.17, 15) is 18.0 Å². The van der Waals surface area contributed by atoms with Crippen LogP contribution in [0.3, 0.4) is 0 Å². The van der Waals surface area contributed by atoms with E-state index in [2.05, 4.69) is 19.6 Å². The highest BCUT2D eigenvalue weighted by Gasteiger charge is 2.68. The fourth-order valence-corrected chi connectivity index (χ4v) is 8.98. The topological polar surface area (TPSA) is 106 Å². The van der Waals surface area contributed by atoms with Crippen LogP contribution in [-0.2, 0) is 29.6 Å². The van der Waals surface area contributed by atoms with Crippen LogP contribution < -0.4 is 0 Å². The Kier molecular flexibility index (Phi) is 10.8. The van der Waals surface area contributed by atoms with Gasteiger partial charge in [-0.25, -0.2) is 27.5 Å². The van der Waals surface area contributed by atoms with Gasteiger partial charge in [0.2, 0.25) is 20.9 Å². The molecule has 1 aliphatic heterocycles. The third-order valence-corrected chi connectivity index (χ3v) is 12.8. The van der Waals surface area contributed by atoms with Gasteiger partial charge in [-0.05, 0) is 87.7 Å². The summed E-state index contributed by atoms with van der Waals surface area (Å²) < 4.78 is 67.6. The van der Waals surface area contributed by atoms with E-state index in [4.69, 9.17) is 14.5 Å². The summed E-state index contributed by atoms with van der Waals surface area (Å²) in [6.45, 7) is 15.3. The number of hydrogen-bond acceptors (Lipinski definition) is 8. The van der Waals surface area contributed by atoms with Gasteiger partial charge in [0.05, 0.1) is 4.90 Å². The van der Waals surface area contributed by atoms with Gasteiger partial charge >= 0.3 is 6.09 Å². The van der Waals surface area contributed by atoms with E-state index in [1.807, 2.05) is 0 Å². The van der Waals surface area contributed by atoms with E-state index >= 15 is 8.78 Å². The Morgan fingerprint density at radius 2 is 1.71 bits per heavy atom. The van der Waals surface area contributed by atoms with E-state index < -0.39 is 50.9 Å². The second-order valence-electron chi connectivity index (χ2n) is 14.7. The van der Waals surface area contributed by atoms with Gasteiger partial charge in [-0.1, -0.05) is 55.7 Å². The van der Waals surface area contributed by atoms with E-state index in [1.54, 1.807) is 54.8 Å². The largest absolute Gasteiger partial charge is 0.443 e. The van der Waals surface area contributed by atoms with Gasteiger partial charge in [0.25, 0.3) is 0 Å². The van der Waals surface area contributed by atoms with Crippen LogP contribution in [0.1, 0.15) is 45.7 Å². The Hall–Kier alpha value is -3.33. The molecule has 9 nitrogen and oxygen atoms in total. The zero-order chi connectivity index (χ0) is 36.7. The third kappa shape index (κ3) is 8.02. The molecule has 0 unspecified atom stereocenters. The minimum absolute atomic E-state index is 0.0319. The molecule has 1 heterocycles. The summed E-state index contributed by atoms with van der Waals surface area (Å²) in [5, 5.41) is -1.34. The van der Waals surface area contributed by atoms with Crippen LogP contribution in [0.4, 0.5) is 13.6 Å². The fraction of sp³-hybridized carbons (Fsp3) is 0.457. The molecule has 4 rings (SSSR count). The van der Waals surface area contributed by atoms with Crippen molar-refractivity contribution in [2.45, 2.75) is 81.1 Å². The fourth-order valence-electron chi connectivity index (χ4n) is 5.53. The molecule has 2 aliphatic rings. The number of sulfone groups is 1. The smallest absolute Gasteiger partial charge is 0.418 e. The molecule has 2 aromatic carbocycles. The molecule has 0 N–H and O–H groups in total. The normalized spacial score (nSPS) is 21.1. The lowest BCUT2D eigenvalue weighted by Gasteiger charge is -2.38. The van der Waals surface area contributed by atoms with Gasteiger partial charge in [-0.3, -0.25) is 4.79 Å². The van der Waals surface area contributed by atoms with Gasteiger partial charge in [0.1, 0.15) is 28.4 Å². The summed E-state index contributed by atoms with van der Waals surface area (Å²) in [5.74, 6) is -1.02. The van der Waals surface area contributed by atoms with Crippen LogP contribution in [0, 0.1) is 5.82 Å². The summed E-state index contributed by atoms with van der Waals surface area (Å²) in [6.07, 6.45) is 0.0661. The summed E-state index contributed by atoms with van der Waals surface area (Å²) in [5.41, 5.74) is -1.24. The van der Waals surface area contributed by atoms with E-state index in [0.717, 1.165) is 29.9 Å². The number of carbonyl (C=O) groups excluding carboxylic acids is 2. The zero-order valence-corrected chi connectivity index (χ0v) is 32.3. The van der Waals surface area contributed by atoms with Crippen LogP contribution >= 0.6 is 11.8 Å². The number of ether oxygens (including phenoxy) is 2. The van der Waals surface area contributed by atoms with E-state index in [1.165, 1.54) is 46.2 Å². The molecule has 2 amide bonds. The quantitative estimate of drug-likeness (QED) is 0.107. The summed E-state index contributed by atoms with van der Waals surface area (Å²) in [7, 11) is -2.72. The predicted octanol–water partition coefficient (Wildman–Crippen LogP) is 7.59. The number of rotatable bonds is 10. The Morgan fingerprint density at radius 1 is 1.08 bits per heavy atom. The number of carbonyl (C=O) groups is 2. The van der Waals surface area contributed by atoms with Crippen molar-refractivity contribution in [3.05, 3.63) is 81.8 Å². The van der Waals surface area contributed by atoms with Gasteiger partial charge in [0, 0.05) is 34.3 Å². The molecule has 49 heavy (non-hydrogen) atoms. The first-order chi connectivity index (χ1) is 22.5. The van der Waals surface area contributed by atoms with Crippen LogP contribution in [-0.4, -0.2) is 81.2 Å². The van der Waals surface area contributed by atoms with Crippen molar-refractivity contribution in [1.82, 2.24) is 9.80 Å². The Bertz CT molecular complexity index is 1840. The number of amidine groups is 1. The molecule has 266 valence electrons. The number of benzene rings is 2. The maximum atomic E-state index is 16.0. The molecule has 1 aliphatic carbocycles. The number of thioether (sulfide) groups is 1. The van der Waals surface area contributed by atoms with Crippen molar-refractivity contribution in [3.63, 3.8) is 0 Å². The molecule has 0 aromatic heterocycles. The van der Waals surface area contributed by atoms with Crippen LogP contribution in [0.15, 0.2) is 74.7 Å². The van der Waals surface area contributed by atoms with Gasteiger partial charge in [-0.15, -0.1) is 0 Å².